The third-order valence-corrected chi connectivity index (χ3v) is 7.09. The molecule has 41 heavy (non-hydrogen) atoms. The van der Waals surface area contributed by atoms with Crippen molar-refractivity contribution in [3.8, 4) is 0 Å². The minimum atomic E-state index is -1.36. The topological polar surface area (TPSA) is 230 Å². The Morgan fingerprint density at radius 3 is 2.24 bits per heavy atom. The highest BCUT2D eigenvalue weighted by molar-refractivity contribution is 5.94. The number of rotatable bonds is 18. The minimum absolute atomic E-state index is 0.0434. The van der Waals surface area contributed by atoms with Crippen LogP contribution < -0.4 is 27.4 Å². The second kappa shape index (κ2) is 16.3. The molecule has 0 aliphatic rings. The molecule has 2 rings (SSSR count). The number of aromatic nitrogens is 1. The fourth-order valence-corrected chi connectivity index (χ4v) is 4.39. The van der Waals surface area contributed by atoms with Crippen LogP contribution in [0.1, 0.15) is 57.9 Å². The largest absolute Gasteiger partial charge is 0.481 e. The van der Waals surface area contributed by atoms with Crippen molar-refractivity contribution in [1.29, 1.82) is 0 Å². The maximum atomic E-state index is 13.3. The Kier molecular flexibility index (Phi) is 13.2. The number of hydrogen-bond acceptors (Lipinski definition) is 7. The van der Waals surface area contributed by atoms with Gasteiger partial charge in [-0.1, -0.05) is 44.9 Å². The first-order valence-corrected chi connectivity index (χ1v) is 13.8. The first kappa shape index (κ1) is 33.2. The summed E-state index contributed by atoms with van der Waals surface area (Å²) < 4.78 is 0. The summed E-state index contributed by atoms with van der Waals surface area (Å²) in [7, 11) is 0. The van der Waals surface area contributed by atoms with Crippen molar-refractivity contribution in [1.82, 2.24) is 20.9 Å². The minimum Gasteiger partial charge on any atom is -0.481 e. The molecule has 0 aliphatic carbocycles. The number of aliphatic carboxylic acids is 2. The number of hydrogen-bond donors (Lipinski definition) is 8. The fraction of sp³-hybridized carbons (Fsp3) is 0.536. The third kappa shape index (κ3) is 10.2. The number of carbonyl (C=O) groups is 5. The lowest BCUT2D eigenvalue weighted by Gasteiger charge is -2.28. The molecule has 2 aromatic rings. The van der Waals surface area contributed by atoms with E-state index in [-0.39, 0.29) is 18.8 Å². The zero-order valence-electron chi connectivity index (χ0n) is 23.5. The summed E-state index contributed by atoms with van der Waals surface area (Å²) in [5.41, 5.74) is 12.9. The molecule has 0 saturated heterocycles. The number of para-hydroxylation sites is 1. The molecule has 1 heterocycles. The van der Waals surface area contributed by atoms with Crippen LogP contribution in [0.15, 0.2) is 30.5 Å². The fourth-order valence-electron chi connectivity index (χ4n) is 4.39. The van der Waals surface area contributed by atoms with Gasteiger partial charge in [-0.25, -0.2) is 4.79 Å². The van der Waals surface area contributed by atoms with Gasteiger partial charge < -0.3 is 42.6 Å². The number of fused-ring (bicyclic) bond motifs is 1. The molecule has 5 unspecified atom stereocenters. The Morgan fingerprint density at radius 1 is 0.927 bits per heavy atom. The van der Waals surface area contributed by atoms with E-state index in [0.717, 1.165) is 10.9 Å². The van der Waals surface area contributed by atoms with Crippen molar-refractivity contribution in [2.24, 2.45) is 17.4 Å². The quantitative estimate of drug-likeness (QED) is 0.116. The lowest BCUT2D eigenvalue weighted by molar-refractivity contribution is -0.143. The molecule has 10 N–H and O–H groups in total. The number of carbonyl (C=O) groups excluding carboxylic acids is 3. The number of amides is 3. The van der Waals surface area contributed by atoms with Crippen molar-refractivity contribution in [2.75, 3.05) is 6.54 Å². The molecular formula is C28H42N6O7. The van der Waals surface area contributed by atoms with Gasteiger partial charge in [-0.2, -0.15) is 0 Å². The van der Waals surface area contributed by atoms with Gasteiger partial charge in [0.25, 0.3) is 0 Å². The number of benzene rings is 1. The van der Waals surface area contributed by atoms with E-state index in [1.54, 1.807) is 13.1 Å². The summed E-state index contributed by atoms with van der Waals surface area (Å²) in [4.78, 5) is 65.6. The number of aromatic amines is 1. The SMILES string of the molecule is CCC(C)C(NC(=O)C(N)CCCCN)C(=O)NC(CCC(=O)O)C(=O)NC(Cc1c[nH]c2ccccc12)C(=O)O. The Hall–Kier alpha value is -3.97. The second-order valence-corrected chi connectivity index (χ2v) is 10.2. The van der Waals surface area contributed by atoms with Gasteiger partial charge in [0.05, 0.1) is 6.04 Å². The normalized spacial score (nSPS) is 14.8. The van der Waals surface area contributed by atoms with Crippen molar-refractivity contribution in [2.45, 2.75) is 83.0 Å². The molecular weight excluding hydrogens is 532 g/mol. The summed E-state index contributed by atoms with van der Waals surface area (Å²) in [5.74, 6) is -4.90. The lowest BCUT2D eigenvalue weighted by Crippen LogP contribution is -2.58. The standard InChI is InChI=1S/C28H42N6O7/c1-3-16(2)24(34-25(37)19(30)9-6-7-13-29)27(39)32-21(11-12-23(35)36)26(38)33-22(28(40)41)14-17-15-31-20-10-5-4-8-18(17)20/h4-5,8,10,15-16,19,21-22,24,31H,3,6-7,9,11-14,29-30H2,1-2H3,(H,32,39)(H,33,38)(H,34,37)(H,35,36)(H,40,41). The van der Waals surface area contributed by atoms with Crippen LogP contribution in [-0.4, -0.2) is 75.6 Å². The molecule has 0 aliphatic heterocycles. The smallest absolute Gasteiger partial charge is 0.326 e. The Balaban J connectivity index is 2.18. The van der Waals surface area contributed by atoms with Crippen molar-refractivity contribution < 1.29 is 34.2 Å². The van der Waals surface area contributed by atoms with Gasteiger partial charge in [-0.05, 0) is 43.4 Å². The molecule has 0 spiro atoms. The predicted molar refractivity (Wildman–Crippen MR) is 153 cm³/mol. The van der Waals surface area contributed by atoms with E-state index in [9.17, 15) is 34.2 Å². The highest BCUT2D eigenvalue weighted by Crippen LogP contribution is 2.19. The molecule has 0 fully saturated rings. The average Bonchev–Trinajstić information content (AvgIpc) is 3.35. The van der Waals surface area contributed by atoms with E-state index in [0.29, 0.717) is 37.8 Å². The van der Waals surface area contributed by atoms with E-state index < -0.39 is 60.2 Å². The second-order valence-electron chi connectivity index (χ2n) is 10.2. The lowest BCUT2D eigenvalue weighted by atomic mass is 9.96. The van der Waals surface area contributed by atoms with E-state index in [2.05, 4.69) is 20.9 Å². The molecule has 5 atom stereocenters. The Morgan fingerprint density at radius 2 is 1.61 bits per heavy atom. The van der Waals surface area contributed by atoms with Crippen molar-refractivity contribution in [3.05, 3.63) is 36.0 Å². The maximum absolute atomic E-state index is 13.3. The summed E-state index contributed by atoms with van der Waals surface area (Å²) in [6.07, 6.45) is 3.12. The van der Waals surface area contributed by atoms with Gasteiger partial charge in [-0.15, -0.1) is 0 Å². The first-order valence-electron chi connectivity index (χ1n) is 13.8. The van der Waals surface area contributed by atoms with Crippen molar-refractivity contribution >= 4 is 40.6 Å². The van der Waals surface area contributed by atoms with Crippen LogP contribution in [0.5, 0.6) is 0 Å². The van der Waals surface area contributed by atoms with E-state index in [1.165, 1.54) is 0 Å². The molecule has 0 bridgehead atoms. The van der Waals surface area contributed by atoms with Crippen LogP contribution >= 0.6 is 0 Å². The molecule has 3 amide bonds. The molecule has 0 saturated carbocycles. The number of carboxylic acids is 2. The molecule has 1 aromatic heterocycles. The highest BCUT2D eigenvalue weighted by atomic mass is 16.4. The van der Waals surface area contributed by atoms with E-state index >= 15 is 0 Å². The molecule has 13 heteroatoms. The summed E-state index contributed by atoms with van der Waals surface area (Å²) in [6, 6.07) is 2.70. The summed E-state index contributed by atoms with van der Waals surface area (Å²) >= 11 is 0. The predicted octanol–water partition coefficient (Wildman–Crippen LogP) is 0.617. The molecule has 1 aromatic carbocycles. The Labute approximate surface area is 238 Å². The summed E-state index contributed by atoms with van der Waals surface area (Å²) in [6.45, 7) is 4.05. The highest BCUT2D eigenvalue weighted by Gasteiger charge is 2.33. The van der Waals surface area contributed by atoms with Gasteiger partial charge in [-0.3, -0.25) is 19.2 Å². The van der Waals surface area contributed by atoms with Crippen LogP contribution in [0, 0.1) is 5.92 Å². The Bertz CT molecular complexity index is 1200. The van der Waals surface area contributed by atoms with Crippen LogP contribution in [0.2, 0.25) is 0 Å². The van der Waals surface area contributed by atoms with Crippen molar-refractivity contribution in [3.63, 3.8) is 0 Å². The van der Waals surface area contributed by atoms with Gasteiger partial charge in [0, 0.05) is 29.9 Å². The van der Waals surface area contributed by atoms with Gasteiger partial charge >= 0.3 is 11.9 Å². The first-order chi connectivity index (χ1) is 19.5. The van der Waals surface area contributed by atoms with E-state index in [1.807, 2.05) is 31.2 Å². The number of H-pyrrole nitrogens is 1. The average molecular weight is 575 g/mol. The number of unbranched alkanes of at least 4 members (excludes halogenated alkanes) is 1. The number of nitrogens with two attached hydrogens (primary N) is 2. The molecule has 226 valence electrons. The zero-order chi connectivity index (χ0) is 30.5. The van der Waals surface area contributed by atoms with Gasteiger partial charge in [0.1, 0.15) is 18.1 Å². The zero-order valence-corrected chi connectivity index (χ0v) is 23.5. The molecule has 13 nitrogen and oxygen atoms in total. The molecule has 0 radical (unpaired) electrons. The number of carboxylic acid groups (broad SMARTS) is 2. The van der Waals surface area contributed by atoms with Gasteiger partial charge in [0.2, 0.25) is 17.7 Å². The van der Waals surface area contributed by atoms with Crippen LogP contribution in [0.3, 0.4) is 0 Å². The van der Waals surface area contributed by atoms with E-state index in [4.69, 9.17) is 11.5 Å². The monoisotopic (exact) mass is 574 g/mol. The maximum Gasteiger partial charge on any atom is 0.326 e. The summed E-state index contributed by atoms with van der Waals surface area (Å²) in [5, 5.41) is 27.5. The van der Waals surface area contributed by atoms with Crippen LogP contribution in [0.25, 0.3) is 10.9 Å². The van der Waals surface area contributed by atoms with Crippen LogP contribution in [-0.2, 0) is 30.4 Å². The number of nitrogens with one attached hydrogen (secondary N) is 4. The van der Waals surface area contributed by atoms with Crippen LogP contribution in [0.4, 0.5) is 0 Å². The third-order valence-electron chi connectivity index (χ3n) is 7.09. The van der Waals surface area contributed by atoms with Gasteiger partial charge in [0.15, 0.2) is 0 Å².